The summed E-state index contributed by atoms with van der Waals surface area (Å²) < 4.78 is 3.93. The van der Waals surface area contributed by atoms with E-state index in [-0.39, 0.29) is 29.7 Å². The highest BCUT2D eigenvalue weighted by Crippen LogP contribution is 2.47. The zero-order chi connectivity index (χ0) is 29.3. The van der Waals surface area contributed by atoms with E-state index in [1.54, 1.807) is 0 Å². The Labute approximate surface area is 249 Å². The largest absolute Gasteiger partial charge is 0.352 e. The number of anilines is 1. The Morgan fingerprint density at radius 2 is 1.93 bits per heavy atom. The second kappa shape index (κ2) is 10.3. The summed E-state index contributed by atoms with van der Waals surface area (Å²) in [5.74, 6) is 1.48. The van der Waals surface area contributed by atoms with Crippen molar-refractivity contribution in [2.75, 3.05) is 43.4 Å². The van der Waals surface area contributed by atoms with E-state index in [4.69, 9.17) is 4.98 Å². The summed E-state index contributed by atoms with van der Waals surface area (Å²) in [6, 6.07) is 8.57. The lowest BCUT2D eigenvalue weighted by molar-refractivity contribution is -0.130. The number of piperazine rings is 1. The van der Waals surface area contributed by atoms with Crippen molar-refractivity contribution in [3.8, 4) is 11.1 Å². The fourth-order valence-electron chi connectivity index (χ4n) is 7.26. The molecule has 4 aromatic rings. The van der Waals surface area contributed by atoms with Gasteiger partial charge in [0.1, 0.15) is 5.82 Å². The molecule has 3 aliphatic heterocycles. The monoisotopic (exact) mass is 583 g/mol. The van der Waals surface area contributed by atoms with Crippen molar-refractivity contribution in [1.82, 2.24) is 29.1 Å². The van der Waals surface area contributed by atoms with E-state index in [0.717, 1.165) is 74.6 Å². The smallest absolute Gasteiger partial charge is 0.350 e. The Balaban J connectivity index is 1.45. The molecule has 42 heavy (non-hydrogen) atoms. The maximum Gasteiger partial charge on any atom is 0.350 e. The summed E-state index contributed by atoms with van der Waals surface area (Å²) in [6.07, 6.45) is 4.51. The molecule has 2 saturated heterocycles. The number of thioether (sulfide) groups is 1. The molecule has 5 heterocycles. The van der Waals surface area contributed by atoms with E-state index in [0.29, 0.717) is 13.1 Å². The van der Waals surface area contributed by atoms with Gasteiger partial charge in [-0.2, -0.15) is 10.1 Å². The van der Waals surface area contributed by atoms with Crippen LogP contribution in [0.2, 0.25) is 0 Å². The topological polar surface area (TPSA) is 79.5 Å². The molecule has 0 bridgehead atoms. The number of nitrogens with zero attached hydrogens (tertiary/aromatic N) is 7. The third kappa shape index (κ3) is 4.18. The Hall–Kier alpha value is -3.63. The molecule has 2 aromatic carbocycles. The van der Waals surface area contributed by atoms with Gasteiger partial charge in [-0.05, 0) is 58.0 Å². The van der Waals surface area contributed by atoms with Gasteiger partial charge in [-0.15, -0.1) is 11.8 Å². The Morgan fingerprint density at radius 1 is 1.17 bits per heavy atom. The Kier molecular flexibility index (Phi) is 6.66. The van der Waals surface area contributed by atoms with E-state index in [2.05, 4.69) is 66.5 Å². The van der Waals surface area contributed by atoms with E-state index in [1.807, 2.05) is 39.2 Å². The third-order valence-corrected chi connectivity index (χ3v) is 10.5. The molecule has 0 saturated carbocycles. The van der Waals surface area contributed by atoms with Crippen LogP contribution in [-0.4, -0.2) is 85.6 Å². The number of carbonyl (C=O) groups is 1. The van der Waals surface area contributed by atoms with Crippen molar-refractivity contribution in [3.05, 3.63) is 59.2 Å². The predicted octanol–water partition coefficient (Wildman–Crippen LogP) is 4.22. The maximum atomic E-state index is 14.1. The van der Waals surface area contributed by atoms with Crippen LogP contribution in [0.1, 0.15) is 31.9 Å². The van der Waals surface area contributed by atoms with Gasteiger partial charge in [0.05, 0.1) is 23.3 Å². The Morgan fingerprint density at radius 3 is 2.62 bits per heavy atom. The summed E-state index contributed by atoms with van der Waals surface area (Å²) in [5, 5.41) is 6.65. The molecule has 0 spiro atoms. The van der Waals surface area contributed by atoms with E-state index >= 15 is 0 Å². The van der Waals surface area contributed by atoms with Crippen LogP contribution in [-0.2, 0) is 11.8 Å². The molecule has 1 unspecified atom stereocenters. The average molecular weight is 584 g/mol. The molecule has 218 valence electrons. The lowest BCUT2D eigenvalue weighted by atomic mass is 9.95. The van der Waals surface area contributed by atoms with E-state index in [9.17, 15) is 9.59 Å². The second-order valence-electron chi connectivity index (χ2n) is 12.1. The van der Waals surface area contributed by atoms with Crippen molar-refractivity contribution >= 4 is 45.3 Å². The van der Waals surface area contributed by atoms with Gasteiger partial charge in [0.25, 0.3) is 0 Å². The van der Waals surface area contributed by atoms with Gasteiger partial charge in [0.2, 0.25) is 5.91 Å². The minimum absolute atomic E-state index is 0.0396. The number of fused-ring (bicyclic) bond motifs is 1. The van der Waals surface area contributed by atoms with Crippen LogP contribution in [0.4, 0.5) is 5.82 Å². The van der Waals surface area contributed by atoms with Crippen LogP contribution in [0.5, 0.6) is 0 Å². The molecule has 1 amide bonds. The fraction of sp³-hybridized carbons (Fsp3) is 0.438. The fourth-order valence-corrected chi connectivity index (χ4v) is 8.64. The molecular formula is C32H37N7O2S. The highest BCUT2D eigenvalue weighted by molar-refractivity contribution is 7.99. The second-order valence-corrected chi connectivity index (χ2v) is 13.1. The summed E-state index contributed by atoms with van der Waals surface area (Å²) >= 11 is 1.86. The first-order valence-electron chi connectivity index (χ1n) is 14.8. The average Bonchev–Trinajstić information content (AvgIpc) is 3.33. The molecule has 3 atom stereocenters. The summed E-state index contributed by atoms with van der Waals surface area (Å²) in [5.41, 5.74) is 5.33. The van der Waals surface area contributed by atoms with Gasteiger partial charge in [0, 0.05) is 71.3 Å². The SMILES string of the molecule is C=CC(=O)N1[C@H](C)CN(c2nc(=O)n3c4c(c(-c5cccc6cnn(C)c56)c(C)cc24)SCC3CN2CCC2)C[C@@H]1C. The highest BCUT2D eigenvalue weighted by atomic mass is 32.2. The highest BCUT2D eigenvalue weighted by Gasteiger charge is 2.36. The molecule has 7 rings (SSSR count). The van der Waals surface area contributed by atoms with Gasteiger partial charge >= 0.3 is 5.69 Å². The van der Waals surface area contributed by atoms with Crippen molar-refractivity contribution in [1.29, 1.82) is 0 Å². The standard InChI is InChI=1S/C32H37N7O2S/c1-6-26(40)38-20(3)15-37(16-21(38)4)31-25-13-19(2)27(24-10-7-9-22-14-33-35(5)28(22)24)30-29(25)39(32(41)34-31)23(18-42-30)17-36-11-8-12-36/h6-7,9-10,13-14,20-21,23H,1,8,11-12,15-18H2,2-5H3/t20-,21+,23?. The number of hydrogen-bond donors (Lipinski definition) is 0. The number of aryl methyl sites for hydroxylation is 2. The van der Waals surface area contributed by atoms with Crippen LogP contribution < -0.4 is 10.6 Å². The quantitative estimate of drug-likeness (QED) is 0.326. The minimum Gasteiger partial charge on any atom is -0.352 e. The first kappa shape index (κ1) is 27.2. The van der Waals surface area contributed by atoms with Crippen LogP contribution in [0, 0.1) is 6.92 Å². The van der Waals surface area contributed by atoms with Crippen LogP contribution >= 0.6 is 11.8 Å². The first-order valence-corrected chi connectivity index (χ1v) is 15.8. The zero-order valence-electron chi connectivity index (χ0n) is 24.7. The van der Waals surface area contributed by atoms with Gasteiger partial charge < -0.3 is 14.7 Å². The zero-order valence-corrected chi connectivity index (χ0v) is 25.5. The van der Waals surface area contributed by atoms with E-state index in [1.165, 1.54) is 12.5 Å². The number of amides is 1. The van der Waals surface area contributed by atoms with Crippen molar-refractivity contribution in [3.63, 3.8) is 0 Å². The molecule has 0 aliphatic carbocycles. The lowest BCUT2D eigenvalue weighted by Crippen LogP contribution is -2.58. The van der Waals surface area contributed by atoms with Crippen molar-refractivity contribution in [2.45, 2.75) is 50.2 Å². The molecular weight excluding hydrogens is 546 g/mol. The number of hydrogen-bond acceptors (Lipinski definition) is 7. The predicted molar refractivity (Wildman–Crippen MR) is 169 cm³/mol. The first-order chi connectivity index (χ1) is 20.3. The number of rotatable bonds is 5. The van der Waals surface area contributed by atoms with Crippen LogP contribution in [0.25, 0.3) is 32.9 Å². The van der Waals surface area contributed by atoms with Gasteiger partial charge in [-0.3, -0.25) is 14.0 Å². The summed E-state index contributed by atoms with van der Waals surface area (Å²) in [7, 11) is 1.99. The number of likely N-dealkylation sites (tertiary alicyclic amines) is 1. The van der Waals surface area contributed by atoms with Crippen molar-refractivity contribution < 1.29 is 4.79 Å². The molecule has 2 fully saturated rings. The maximum absolute atomic E-state index is 14.1. The summed E-state index contributed by atoms with van der Waals surface area (Å²) in [6.45, 7) is 14.2. The normalized spacial score (nSPS) is 22.5. The third-order valence-electron chi connectivity index (χ3n) is 9.22. The van der Waals surface area contributed by atoms with Gasteiger partial charge in [-0.25, -0.2) is 4.79 Å². The molecule has 3 aliphatic rings. The number of aromatic nitrogens is 4. The van der Waals surface area contributed by atoms with Gasteiger partial charge in [-0.1, -0.05) is 24.8 Å². The number of carbonyl (C=O) groups excluding carboxylic acids is 1. The minimum atomic E-state index is -0.192. The molecule has 0 radical (unpaired) electrons. The summed E-state index contributed by atoms with van der Waals surface area (Å²) in [4.78, 5) is 39.1. The van der Waals surface area contributed by atoms with Crippen molar-refractivity contribution in [2.24, 2.45) is 7.05 Å². The van der Waals surface area contributed by atoms with E-state index < -0.39 is 0 Å². The molecule has 0 N–H and O–H groups in total. The molecule has 9 nitrogen and oxygen atoms in total. The lowest BCUT2D eigenvalue weighted by Gasteiger charge is -2.45. The van der Waals surface area contributed by atoms with Gasteiger partial charge in [0.15, 0.2) is 0 Å². The Bertz CT molecular complexity index is 1790. The number of benzene rings is 2. The van der Waals surface area contributed by atoms with Crippen LogP contribution in [0.3, 0.4) is 0 Å². The molecule has 2 aromatic heterocycles. The molecule has 10 heteroatoms. The number of para-hydroxylation sites is 1. The van der Waals surface area contributed by atoms with Crippen LogP contribution in [0.15, 0.2) is 52.8 Å².